The zero-order valence-electron chi connectivity index (χ0n) is 23.5. The summed E-state index contributed by atoms with van der Waals surface area (Å²) >= 11 is 0. The summed E-state index contributed by atoms with van der Waals surface area (Å²) in [5.74, 6) is -2.16. The molecule has 2 aromatic heterocycles. The van der Waals surface area contributed by atoms with Crippen molar-refractivity contribution in [3.8, 4) is 0 Å². The van der Waals surface area contributed by atoms with Crippen LogP contribution in [0.15, 0.2) is 66.3 Å². The van der Waals surface area contributed by atoms with Crippen molar-refractivity contribution in [1.29, 1.82) is 0 Å². The minimum Gasteiger partial charge on any atom is -0.477 e. The minimum absolute atomic E-state index is 0. The van der Waals surface area contributed by atoms with E-state index < -0.39 is 27.9 Å². The lowest BCUT2D eigenvalue weighted by molar-refractivity contribution is 0.0548. The van der Waals surface area contributed by atoms with Crippen molar-refractivity contribution in [2.75, 3.05) is 6.61 Å². The summed E-state index contributed by atoms with van der Waals surface area (Å²) in [5, 5.41) is 21.1. The lowest BCUT2D eigenvalue weighted by atomic mass is 9.98. The van der Waals surface area contributed by atoms with E-state index in [1.165, 1.54) is 35.1 Å². The number of fused-ring (bicyclic) bond motifs is 2. The number of rotatable bonds is 8. The van der Waals surface area contributed by atoms with Crippen LogP contribution in [0.3, 0.4) is 0 Å². The molecule has 0 radical (unpaired) electrons. The number of amides is 1. The predicted molar refractivity (Wildman–Crippen MR) is 168 cm³/mol. The molecule has 4 aromatic rings. The highest BCUT2D eigenvalue weighted by atomic mass is 35.5. The van der Waals surface area contributed by atoms with Gasteiger partial charge in [0.25, 0.3) is 11.7 Å². The maximum Gasteiger partial charge on any atom is 0.354 e. The Labute approximate surface area is 266 Å². The lowest BCUT2D eigenvalue weighted by Crippen LogP contribution is -2.29. The quantitative estimate of drug-likeness (QED) is 0.159. The standard InChI is InChI=1S/C21H19N5O5.C7H10N2O2S.CH4.ClH/c1-3-8-31-20(30)13-4-5-14-12(11(13)2)6-7-15(14)24-18(27)17-9-16(19(28)29)25-21-22-10-23-26(17)21;8-5-6-2-1-3-7(4-6)12(9,10)11;;/h3-5,9-10,15H,1,6-8H2,2H3,(H,24,27)(H,28,29);1-4H,5,8H2,(H2,9,10,11);1H4;1H/t15-;;;/m0.../s1. The Morgan fingerprint density at radius 1 is 1.22 bits per heavy atom. The number of sulfonamides is 1. The SMILES string of the molecule is C.C=CCOC(=O)c1ccc2c(c1C)CC[C@@H]2NC(=O)c1cc(C(=O)O)nc2ncnn12.Cl.NCc1cccc(S(N)(=O)=O)c1. The second-order valence-electron chi connectivity index (χ2n) is 9.46. The van der Waals surface area contributed by atoms with Crippen LogP contribution in [0.1, 0.15) is 73.5 Å². The van der Waals surface area contributed by atoms with Gasteiger partial charge in [0.2, 0.25) is 10.0 Å². The number of carbonyl (C=O) groups excluding carboxylic acids is 2. The first-order chi connectivity index (χ1) is 20.4. The minimum atomic E-state index is -3.59. The molecule has 0 bridgehead atoms. The molecule has 0 saturated heterocycles. The second-order valence-corrected chi connectivity index (χ2v) is 11.0. The van der Waals surface area contributed by atoms with Crippen molar-refractivity contribution < 1.29 is 32.6 Å². The zero-order valence-corrected chi connectivity index (χ0v) is 25.1. The summed E-state index contributed by atoms with van der Waals surface area (Å²) in [7, 11) is -3.59. The highest BCUT2D eigenvalue weighted by Crippen LogP contribution is 2.35. The molecule has 0 fully saturated rings. The number of primary sulfonamides is 1. The lowest BCUT2D eigenvalue weighted by Gasteiger charge is -2.16. The Bertz CT molecular complexity index is 1840. The third-order valence-electron chi connectivity index (χ3n) is 6.72. The molecular weight excluding hydrogens is 626 g/mol. The molecule has 5 rings (SSSR count). The number of carboxylic acids is 1. The number of nitrogens with two attached hydrogens (primary N) is 2. The van der Waals surface area contributed by atoms with Crippen LogP contribution in [-0.4, -0.2) is 57.6 Å². The Balaban J connectivity index is 0.000000428. The maximum atomic E-state index is 13.0. The van der Waals surface area contributed by atoms with E-state index in [-0.39, 0.29) is 54.5 Å². The van der Waals surface area contributed by atoms with Crippen LogP contribution in [-0.2, 0) is 27.7 Å². The Morgan fingerprint density at radius 3 is 2.60 bits per heavy atom. The van der Waals surface area contributed by atoms with Crippen LogP contribution in [0.4, 0.5) is 0 Å². The number of ether oxygens (including phenoxy) is 1. The van der Waals surface area contributed by atoms with Crippen LogP contribution in [0.25, 0.3) is 5.78 Å². The molecule has 0 spiro atoms. The van der Waals surface area contributed by atoms with E-state index in [0.717, 1.165) is 22.3 Å². The number of aromatic carboxylic acids is 1. The van der Waals surface area contributed by atoms with Crippen LogP contribution < -0.4 is 16.2 Å². The van der Waals surface area contributed by atoms with Crippen molar-refractivity contribution in [2.24, 2.45) is 10.9 Å². The van der Waals surface area contributed by atoms with Crippen molar-refractivity contribution in [3.63, 3.8) is 0 Å². The number of carbonyl (C=O) groups is 3. The van der Waals surface area contributed by atoms with Crippen LogP contribution in [0, 0.1) is 6.92 Å². The van der Waals surface area contributed by atoms with Gasteiger partial charge in [-0.2, -0.15) is 14.6 Å². The molecule has 1 amide bonds. The molecule has 2 aromatic carbocycles. The Kier molecular flexibility index (Phi) is 12.4. The fourth-order valence-electron chi connectivity index (χ4n) is 4.63. The number of hydrogen-bond acceptors (Lipinski definition) is 10. The zero-order chi connectivity index (χ0) is 31.3. The predicted octanol–water partition coefficient (Wildman–Crippen LogP) is 2.74. The fourth-order valence-corrected chi connectivity index (χ4v) is 5.21. The smallest absolute Gasteiger partial charge is 0.354 e. The third-order valence-corrected chi connectivity index (χ3v) is 7.63. The Morgan fingerprint density at radius 2 is 1.96 bits per heavy atom. The molecule has 0 aliphatic heterocycles. The molecule has 45 heavy (non-hydrogen) atoms. The van der Waals surface area contributed by atoms with Crippen LogP contribution >= 0.6 is 12.4 Å². The number of benzene rings is 2. The largest absolute Gasteiger partial charge is 0.477 e. The average Bonchev–Trinajstić information content (AvgIpc) is 3.63. The van der Waals surface area contributed by atoms with Crippen LogP contribution in [0.2, 0.25) is 0 Å². The van der Waals surface area contributed by atoms with Crippen molar-refractivity contribution >= 4 is 46.1 Å². The molecule has 0 saturated carbocycles. The van der Waals surface area contributed by atoms with Gasteiger partial charge in [0.1, 0.15) is 18.6 Å². The number of nitrogens with zero attached hydrogens (tertiary/aromatic N) is 4. The highest BCUT2D eigenvalue weighted by Gasteiger charge is 2.29. The molecule has 6 N–H and O–H groups in total. The van der Waals surface area contributed by atoms with E-state index in [4.69, 9.17) is 15.6 Å². The number of nitrogens with one attached hydrogen (secondary N) is 1. The van der Waals surface area contributed by atoms with E-state index in [9.17, 15) is 27.9 Å². The molecule has 1 aliphatic carbocycles. The van der Waals surface area contributed by atoms with Gasteiger partial charge in [-0.3, -0.25) is 4.79 Å². The monoisotopic (exact) mass is 659 g/mol. The van der Waals surface area contributed by atoms with Gasteiger partial charge in [0, 0.05) is 12.6 Å². The first-order valence-electron chi connectivity index (χ1n) is 12.9. The molecule has 2 heterocycles. The number of aromatic nitrogens is 4. The van der Waals surface area contributed by atoms with E-state index in [1.807, 2.05) is 13.0 Å². The van der Waals surface area contributed by atoms with E-state index in [0.29, 0.717) is 24.9 Å². The summed E-state index contributed by atoms with van der Waals surface area (Å²) in [5.41, 5.74) is 9.01. The average molecular weight is 660 g/mol. The molecule has 14 nitrogen and oxygen atoms in total. The fraction of sp³-hybridized carbons (Fsp3) is 0.241. The first-order valence-corrected chi connectivity index (χ1v) is 14.5. The van der Waals surface area contributed by atoms with E-state index >= 15 is 0 Å². The Hall–Kier alpha value is -4.70. The summed E-state index contributed by atoms with van der Waals surface area (Å²) < 4.78 is 28.0. The van der Waals surface area contributed by atoms with Gasteiger partial charge >= 0.3 is 11.9 Å². The summed E-state index contributed by atoms with van der Waals surface area (Å²) in [6.07, 6.45) is 4.04. The van der Waals surface area contributed by atoms with Crippen molar-refractivity contribution in [2.45, 2.75) is 44.7 Å². The van der Waals surface area contributed by atoms with Gasteiger partial charge in [-0.25, -0.2) is 28.1 Å². The van der Waals surface area contributed by atoms with Crippen LogP contribution in [0.5, 0.6) is 0 Å². The number of carboxylic acid groups (broad SMARTS) is 1. The molecule has 0 unspecified atom stereocenters. The topological polar surface area (TPSA) is 222 Å². The summed E-state index contributed by atoms with van der Waals surface area (Å²) in [6.45, 7) is 5.83. The second kappa shape index (κ2) is 15.3. The van der Waals surface area contributed by atoms with Gasteiger partial charge in [-0.15, -0.1) is 12.4 Å². The highest BCUT2D eigenvalue weighted by molar-refractivity contribution is 7.89. The molecule has 1 atom stereocenters. The van der Waals surface area contributed by atoms with Gasteiger partial charge in [-0.1, -0.05) is 38.3 Å². The summed E-state index contributed by atoms with van der Waals surface area (Å²) in [6, 6.07) is 10.6. The molecule has 240 valence electrons. The molecule has 16 heteroatoms. The van der Waals surface area contributed by atoms with Gasteiger partial charge < -0.3 is 20.9 Å². The maximum absolute atomic E-state index is 13.0. The third kappa shape index (κ3) is 8.27. The van der Waals surface area contributed by atoms with Gasteiger partial charge in [0.05, 0.1) is 16.5 Å². The molecular formula is C29H34ClN7O7S. The van der Waals surface area contributed by atoms with Crippen molar-refractivity contribution in [1.82, 2.24) is 24.9 Å². The normalized spacial score (nSPS) is 13.3. The van der Waals surface area contributed by atoms with E-state index in [1.54, 1.807) is 18.2 Å². The number of esters is 1. The number of halogens is 1. The molecule has 1 aliphatic rings. The van der Waals surface area contributed by atoms with E-state index in [2.05, 4.69) is 27.0 Å². The first kappa shape index (κ1) is 36.5. The number of hydrogen-bond donors (Lipinski definition) is 4. The van der Waals surface area contributed by atoms with Gasteiger partial charge in [0.15, 0.2) is 5.69 Å². The van der Waals surface area contributed by atoms with Crippen molar-refractivity contribution in [3.05, 3.63) is 101 Å². The summed E-state index contributed by atoms with van der Waals surface area (Å²) in [4.78, 5) is 44.4. The van der Waals surface area contributed by atoms with Gasteiger partial charge in [-0.05, 0) is 60.2 Å².